The summed E-state index contributed by atoms with van der Waals surface area (Å²) < 4.78 is 0. The minimum Gasteiger partial charge on any atom is -0.314 e. The van der Waals surface area contributed by atoms with Gasteiger partial charge in [0, 0.05) is 32.2 Å². The second kappa shape index (κ2) is 9.77. The molecule has 1 atom stereocenters. The lowest BCUT2D eigenvalue weighted by Gasteiger charge is -2.38. The Balaban J connectivity index is 0.00000121. The van der Waals surface area contributed by atoms with Gasteiger partial charge in [0.1, 0.15) is 0 Å². The van der Waals surface area contributed by atoms with Crippen molar-refractivity contribution in [2.45, 2.75) is 45.1 Å². The minimum atomic E-state index is 0. The summed E-state index contributed by atoms with van der Waals surface area (Å²) in [4.78, 5) is 2.73. The van der Waals surface area contributed by atoms with Gasteiger partial charge in [-0.15, -0.1) is 24.8 Å². The van der Waals surface area contributed by atoms with Gasteiger partial charge < -0.3 is 5.32 Å². The van der Waals surface area contributed by atoms with Gasteiger partial charge in [-0.2, -0.15) is 0 Å². The molecule has 126 valence electrons. The standard InChI is InChI=1S/C18H28N2.2ClH/c1-2-15-7-9-17(10-8-15)18(16-5-3-4-6-16)20-13-11-19-12-14-20;;/h7-10,16,18-19H,2-6,11-14H2,1H3;2*1H/t18-;;/m0../s1. The first kappa shape index (κ1) is 19.8. The Hall–Kier alpha value is -0.280. The molecule has 0 spiro atoms. The van der Waals surface area contributed by atoms with E-state index >= 15 is 0 Å². The highest BCUT2D eigenvalue weighted by Crippen LogP contribution is 2.39. The molecule has 0 bridgehead atoms. The van der Waals surface area contributed by atoms with E-state index in [0.717, 1.165) is 25.4 Å². The lowest BCUT2D eigenvalue weighted by Crippen LogP contribution is -2.46. The van der Waals surface area contributed by atoms with Gasteiger partial charge in [-0.3, -0.25) is 4.90 Å². The average Bonchev–Trinajstić information content (AvgIpc) is 3.03. The molecule has 2 fully saturated rings. The molecule has 1 aliphatic carbocycles. The van der Waals surface area contributed by atoms with Gasteiger partial charge in [0.2, 0.25) is 0 Å². The number of nitrogens with zero attached hydrogens (tertiary/aromatic N) is 1. The summed E-state index contributed by atoms with van der Waals surface area (Å²) in [5.74, 6) is 0.876. The fourth-order valence-corrected chi connectivity index (χ4v) is 3.97. The Morgan fingerprint density at radius 3 is 2.18 bits per heavy atom. The van der Waals surface area contributed by atoms with Gasteiger partial charge in [-0.05, 0) is 36.3 Å². The molecule has 0 unspecified atom stereocenters. The molecule has 0 radical (unpaired) electrons. The van der Waals surface area contributed by atoms with Gasteiger partial charge in [0.05, 0.1) is 0 Å². The quantitative estimate of drug-likeness (QED) is 0.879. The van der Waals surface area contributed by atoms with Crippen LogP contribution in [0.25, 0.3) is 0 Å². The number of hydrogen-bond donors (Lipinski definition) is 1. The molecular weight excluding hydrogens is 315 g/mol. The van der Waals surface area contributed by atoms with E-state index in [1.165, 1.54) is 44.3 Å². The molecule has 1 saturated heterocycles. The summed E-state index contributed by atoms with van der Waals surface area (Å²) in [6.07, 6.45) is 6.84. The third-order valence-electron chi connectivity index (χ3n) is 5.12. The molecule has 1 aromatic carbocycles. The third-order valence-corrected chi connectivity index (χ3v) is 5.12. The summed E-state index contributed by atoms with van der Waals surface area (Å²) >= 11 is 0. The molecule has 22 heavy (non-hydrogen) atoms. The van der Waals surface area contributed by atoms with Crippen LogP contribution in [0, 0.1) is 5.92 Å². The zero-order valence-corrected chi connectivity index (χ0v) is 15.2. The number of rotatable bonds is 4. The molecule has 1 N–H and O–H groups in total. The Labute approximate surface area is 147 Å². The average molecular weight is 345 g/mol. The van der Waals surface area contributed by atoms with Crippen molar-refractivity contribution in [3.05, 3.63) is 35.4 Å². The van der Waals surface area contributed by atoms with E-state index in [9.17, 15) is 0 Å². The second-order valence-corrected chi connectivity index (χ2v) is 6.37. The predicted molar refractivity (Wildman–Crippen MR) is 99.5 cm³/mol. The smallest absolute Gasteiger partial charge is 0.0377 e. The number of hydrogen-bond acceptors (Lipinski definition) is 2. The van der Waals surface area contributed by atoms with Crippen molar-refractivity contribution in [3.63, 3.8) is 0 Å². The number of piperazine rings is 1. The SMILES string of the molecule is CCc1ccc([C@H](C2CCCC2)N2CCNCC2)cc1.Cl.Cl. The van der Waals surface area contributed by atoms with Crippen LogP contribution in [0.3, 0.4) is 0 Å². The lowest BCUT2D eigenvalue weighted by molar-refractivity contribution is 0.125. The number of benzene rings is 1. The summed E-state index contributed by atoms with van der Waals surface area (Å²) in [6.45, 7) is 6.94. The van der Waals surface area contributed by atoms with Gasteiger partial charge in [-0.25, -0.2) is 0 Å². The van der Waals surface area contributed by atoms with Gasteiger partial charge >= 0.3 is 0 Å². The second-order valence-electron chi connectivity index (χ2n) is 6.37. The monoisotopic (exact) mass is 344 g/mol. The van der Waals surface area contributed by atoms with Crippen molar-refractivity contribution in [1.29, 1.82) is 0 Å². The molecule has 3 rings (SSSR count). The van der Waals surface area contributed by atoms with Crippen molar-refractivity contribution in [2.24, 2.45) is 5.92 Å². The van der Waals surface area contributed by atoms with Crippen LogP contribution >= 0.6 is 24.8 Å². The highest BCUT2D eigenvalue weighted by atomic mass is 35.5. The van der Waals surface area contributed by atoms with Crippen LogP contribution in [0.2, 0.25) is 0 Å². The molecule has 4 heteroatoms. The van der Waals surface area contributed by atoms with Crippen molar-refractivity contribution < 1.29 is 0 Å². The zero-order valence-electron chi connectivity index (χ0n) is 13.6. The molecular formula is C18H30Cl2N2. The van der Waals surface area contributed by atoms with Crippen molar-refractivity contribution in [2.75, 3.05) is 26.2 Å². The zero-order chi connectivity index (χ0) is 13.8. The molecule has 0 aromatic heterocycles. The predicted octanol–water partition coefficient (Wildman–Crippen LogP) is 4.23. The highest BCUT2D eigenvalue weighted by Gasteiger charge is 2.31. The van der Waals surface area contributed by atoms with E-state index in [4.69, 9.17) is 0 Å². The van der Waals surface area contributed by atoms with Crippen molar-refractivity contribution in [3.8, 4) is 0 Å². The van der Waals surface area contributed by atoms with Gasteiger partial charge in [-0.1, -0.05) is 44.0 Å². The first-order valence-electron chi connectivity index (χ1n) is 8.42. The first-order chi connectivity index (χ1) is 9.88. The topological polar surface area (TPSA) is 15.3 Å². The Morgan fingerprint density at radius 2 is 1.64 bits per heavy atom. The van der Waals surface area contributed by atoms with Gasteiger partial charge in [0.15, 0.2) is 0 Å². The minimum absolute atomic E-state index is 0. The van der Waals surface area contributed by atoms with Crippen LogP contribution in [0.15, 0.2) is 24.3 Å². The van der Waals surface area contributed by atoms with Crippen molar-refractivity contribution in [1.82, 2.24) is 10.2 Å². The Kier molecular flexibility index (Phi) is 8.78. The summed E-state index contributed by atoms with van der Waals surface area (Å²) in [6, 6.07) is 10.1. The van der Waals surface area contributed by atoms with E-state index in [2.05, 4.69) is 41.4 Å². The van der Waals surface area contributed by atoms with Crippen molar-refractivity contribution >= 4 is 24.8 Å². The van der Waals surface area contributed by atoms with Crippen LogP contribution in [-0.2, 0) is 6.42 Å². The van der Waals surface area contributed by atoms with Crippen LogP contribution in [-0.4, -0.2) is 31.1 Å². The molecule has 2 nitrogen and oxygen atoms in total. The number of aryl methyl sites for hydroxylation is 1. The molecule has 1 heterocycles. The van der Waals surface area contributed by atoms with Crippen LogP contribution in [0.1, 0.15) is 49.8 Å². The van der Waals surface area contributed by atoms with E-state index in [1.807, 2.05) is 0 Å². The Bertz CT molecular complexity index is 410. The van der Waals surface area contributed by atoms with Gasteiger partial charge in [0.25, 0.3) is 0 Å². The fourth-order valence-electron chi connectivity index (χ4n) is 3.97. The van der Waals surface area contributed by atoms with E-state index in [1.54, 1.807) is 5.56 Å². The molecule has 0 amide bonds. The Morgan fingerprint density at radius 1 is 1.05 bits per heavy atom. The lowest BCUT2D eigenvalue weighted by atomic mass is 9.89. The van der Waals surface area contributed by atoms with E-state index in [0.29, 0.717) is 6.04 Å². The van der Waals surface area contributed by atoms with Crippen LogP contribution < -0.4 is 5.32 Å². The van der Waals surface area contributed by atoms with Crippen LogP contribution in [0.4, 0.5) is 0 Å². The fraction of sp³-hybridized carbons (Fsp3) is 0.667. The number of nitrogens with one attached hydrogen (secondary N) is 1. The molecule has 1 aromatic rings. The van der Waals surface area contributed by atoms with Crippen LogP contribution in [0.5, 0.6) is 0 Å². The normalized spacial score (nSPS) is 21.0. The summed E-state index contributed by atoms with van der Waals surface area (Å²) in [5, 5.41) is 3.49. The third kappa shape index (κ3) is 4.61. The maximum atomic E-state index is 3.49. The number of halogens is 2. The van der Waals surface area contributed by atoms with E-state index in [-0.39, 0.29) is 24.8 Å². The first-order valence-corrected chi connectivity index (χ1v) is 8.42. The maximum Gasteiger partial charge on any atom is 0.0377 e. The summed E-state index contributed by atoms with van der Waals surface area (Å²) in [5.41, 5.74) is 3.01. The highest BCUT2D eigenvalue weighted by molar-refractivity contribution is 5.85. The molecule has 1 saturated carbocycles. The largest absolute Gasteiger partial charge is 0.314 e. The maximum absolute atomic E-state index is 3.49. The summed E-state index contributed by atoms with van der Waals surface area (Å²) in [7, 11) is 0. The molecule has 2 aliphatic rings. The van der Waals surface area contributed by atoms with E-state index < -0.39 is 0 Å². The molecule has 1 aliphatic heterocycles.